The molecule has 0 saturated heterocycles. The molecule has 1 aromatic heterocycles. The van der Waals surface area contributed by atoms with Crippen molar-refractivity contribution >= 4 is 34.3 Å². The highest BCUT2D eigenvalue weighted by Crippen LogP contribution is 2.32. The van der Waals surface area contributed by atoms with Gasteiger partial charge in [-0.1, -0.05) is 6.92 Å². The Hall–Kier alpha value is -0.950. The van der Waals surface area contributed by atoms with Crippen LogP contribution < -0.4 is 10.2 Å². The molecule has 1 heterocycles. The summed E-state index contributed by atoms with van der Waals surface area (Å²) in [6.07, 6.45) is 3.45. The van der Waals surface area contributed by atoms with Gasteiger partial charge in [0.05, 0.1) is 12.2 Å². The monoisotopic (exact) mass is 342 g/mol. The van der Waals surface area contributed by atoms with Crippen molar-refractivity contribution in [2.24, 2.45) is 0 Å². The van der Waals surface area contributed by atoms with Crippen LogP contribution in [0.15, 0.2) is 5.38 Å². The third kappa shape index (κ3) is 4.52. The van der Waals surface area contributed by atoms with Crippen LogP contribution in [0, 0.1) is 0 Å². The van der Waals surface area contributed by atoms with E-state index in [0.29, 0.717) is 17.8 Å². The summed E-state index contributed by atoms with van der Waals surface area (Å²) in [7, 11) is 5.85. The molecule has 0 bridgehead atoms. The van der Waals surface area contributed by atoms with Gasteiger partial charge in [-0.3, -0.25) is 0 Å². The summed E-state index contributed by atoms with van der Waals surface area (Å²) in [5, 5.41) is 6.66. The second-order valence-corrected chi connectivity index (χ2v) is 8.24. The molecular formula is C15H26N4OS2. The molecule has 1 saturated carbocycles. The van der Waals surface area contributed by atoms with Gasteiger partial charge < -0.3 is 15.1 Å². The maximum atomic E-state index is 12.3. The van der Waals surface area contributed by atoms with E-state index in [0.717, 1.165) is 29.4 Å². The van der Waals surface area contributed by atoms with Crippen LogP contribution in [0.4, 0.5) is 9.93 Å². The molecular weight excluding hydrogens is 316 g/mol. The Morgan fingerprint density at radius 1 is 1.45 bits per heavy atom. The van der Waals surface area contributed by atoms with E-state index in [-0.39, 0.29) is 6.03 Å². The van der Waals surface area contributed by atoms with Crippen molar-refractivity contribution in [3.63, 3.8) is 0 Å². The minimum absolute atomic E-state index is 0.00607. The number of carbonyl (C=O) groups is 1. The predicted octanol–water partition coefficient (Wildman–Crippen LogP) is 3.02. The minimum atomic E-state index is 0.00607. The Bertz CT molecular complexity index is 492. The summed E-state index contributed by atoms with van der Waals surface area (Å²) in [4.78, 5) is 20.6. The van der Waals surface area contributed by atoms with Crippen LogP contribution in [0.5, 0.6) is 0 Å². The molecule has 2 atom stereocenters. The molecule has 0 radical (unpaired) electrons. The zero-order chi connectivity index (χ0) is 16.1. The standard InChI is InChI=1S/C15H26N4OS2/c1-5-21-13-7-6-12(8-13)19(4)14(20)16-9-11-10-22-15(17-11)18(2)3/h10,12-13H,5-9H2,1-4H3,(H,16,20)/t12-,13+/m0/s1. The Balaban J connectivity index is 1.79. The lowest BCUT2D eigenvalue weighted by Crippen LogP contribution is -2.42. The highest BCUT2D eigenvalue weighted by Gasteiger charge is 2.29. The van der Waals surface area contributed by atoms with Gasteiger partial charge in [0.2, 0.25) is 0 Å². The van der Waals surface area contributed by atoms with Crippen LogP contribution in [0.25, 0.3) is 0 Å². The number of rotatable bonds is 6. The van der Waals surface area contributed by atoms with Crippen LogP contribution >= 0.6 is 23.1 Å². The largest absolute Gasteiger partial charge is 0.354 e. The van der Waals surface area contributed by atoms with E-state index in [1.807, 2.05) is 48.1 Å². The zero-order valence-electron chi connectivity index (χ0n) is 13.8. The highest BCUT2D eigenvalue weighted by atomic mass is 32.2. The quantitative estimate of drug-likeness (QED) is 0.863. The molecule has 0 spiro atoms. The van der Waals surface area contributed by atoms with Gasteiger partial charge in [0, 0.05) is 37.8 Å². The van der Waals surface area contributed by atoms with Gasteiger partial charge in [-0.2, -0.15) is 11.8 Å². The fourth-order valence-corrected chi connectivity index (χ4v) is 4.59. The van der Waals surface area contributed by atoms with Gasteiger partial charge in [-0.15, -0.1) is 11.3 Å². The Morgan fingerprint density at radius 2 is 2.23 bits per heavy atom. The van der Waals surface area contributed by atoms with Crippen LogP contribution in [-0.2, 0) is 6.54 Å². The molecule has 1 aromatic rings. The van der Waals surface area contributed by atoms with Gasteiger partial charge in [-0.05, 0) is 25.0 Å². The van der Waals surface area contributed by atoms with Crippen molar-refractivity contribution in [1.82, 2.24) is 15.2 Å². The highest BCUT2D eigenvalue weighted by molar-refractivity contribution is 7.99. The predicted molar refractivity (Wildman–Crippen MR) is 96.0 cm³/mol. The average molecular weight is 343 g/mol. The molecule has 2 rings (SSSR count). The smallest absolute Gasteiger partial charge is 0.317 e. The number of aromatic nitrogens is 1. The van der Waals surface area contributed by atoms with E-state index in [2.05, 4.69) is 17.2 Å². The minimum Gasteiger partial charge on any atom is -0.354 e. The number of hydrogen-bond donors (Lipinski definition) is 1. The van der Waals surface area contributed by atoms with E-state index in [9.17, 15) is 4.79 Å². The second-order valence-electron chi connectivity index (χ2n) is 5.83. The van der Waals surface area contributed by atoms with Crippen LogP contribution in [0.2, 0.25) is 0 Å². The van der Waals surface area contributed by atoms with Crippen LogP contribution in [-0.4, -0.2) is 54.1 Å². The number of urea groups is 1. The average Bonchev–Trinajstić information content (AvgIpc) is 3.13. The van der Waals surface area contributed by atoms with E-state index in [1.54, 1.807) is 11.3 Å². The lowest BCUT2D eigenvalue weighted by molar-refractivity contribution is 0.190. The Labute approximate surface area is 141 Å². The first-order valence-electron chi connectivity index (χ1n) is 7.75. The van der Waals surface area contributed by atoms with Crippen molar-refractivity contribution in [3.05, 3.63) is 11.1 Å². The number of hydrogen-bond acceptors (Lipinski definition) is 5. The van der Waals surface area contributed by atoms with Crippen molar-refractivity contribution in [2.45, 2.75) is 44.0 Å². The molecule has 7 heteroatoms. The first kappa shape index (κ1) is 17.4. The summed E-state index contributed by atoms with van der Waals surface area (Å²) >= 11 is 3.61. The Kier molecular flexibility index (Phi) is 6.37. The number of amides is 2. The topological polar surface area (TPSA) is 48.5 Å². The number of anilines is 1. The van der Waals surface area contributed by atoms with Crippen LogP contribution in [0.1, 0.15) is 31.9 Å². The molecule has 5 nitrogen and oxygen atoms in total. The molecule has 1 aliphatic rings. The van der Waals surface area contributed by atoms with Gasteiger partial charge in [0.15, 0.2) is 5.13 Å². The molecule has 22 heavy (non-hydrogen) atoms. The third-order valence-electron chi connectivity index (χ3n) is 3.97. The van der Waals surface area contributed by atoms with E-state index in [4.69, 9.17) is 0 Å². The zero-order valence-corrected chi connectivity index (χ0v) is 15.5. The maximum absolute atomic E-state index is 12.3. The second kappa shape index (κ2) is 8.06. The van der Waals surface area contributed by atoms with E-state index >= 15 is 0 Å². The summed E-state index contributed by atoms with van der Waals surface area (Å²) in [5.74, 6) is 1.16. The number of thiazole rings is 1. The first-order chi connectivity index (χ1) is 10.5. The van der Waals surface area contributed by atoms with Gasteiger partial charge in [0.25, 0.3) is 0 Å². The van der Waals surface area contributed by atoms with Crippen molar-refractivity contribution in [3.8, 4) is 0 Å². The summed E-state index contributed by atoms with van der Waals surface area (Å²) in [6, 6.07) is 0.378. The summed E-state index contributed by atoms with van der Waals surface area (Å²) < 4.78 is 0. The van der Waals surface area contributed by atoms with Crippen molar-refractivity contribution < 1.29 is 4.79 Å². The number of nitrogens with one attached hydrogen (secondary N) is 1. The molecule has 1 fully saturated rings. The lowest BCUT2D eigenvalue weighted by Gasteiger charge is -2.24. The first-order valence-corrected chi connectivity index (χ1v) is 9.68. The fraction of sp³-hybridized carbons (Fsp3) is 0.733. The maximum Gasteiger partial charge on any atom is 0.317 e. The molecule has 124 valence electrons. The fourth-order valence-electron chi connectivity index (χ4n) is 2.70. The lowest BCUT2D eigenvalue weighted by atomic mass is 10.2. The normalized spacial score (nSPS) is 20.9. The Morgan fingerprint density at radius 3 is 2.86 bits per heavy atom. The molecule has 1 N–H and O–H groups in total. The van der Waals surface area contributed by atoms with E-state index in [1.165, 1.54) is 6.42 Å². The SMILES string of the molecule is CCS[C@@H]1CC[C@H](N(C)C(=O)NCc2csc(N(C)C)n2)C1. The molecule has 2 amide bonds. The van der Waals surface area contributed by atoms with Gasteiger partial charge in [-0.25, -0.2) is 9.78 Å². The van der Waals surface area contributed by atoms with Gasteiger partial charge in [0.1, 0.15) is 0 Å². The molecule has 0 unspecified atom stereocenters. The number of nitrogens with zero attached hydrogens (tertiary/aromatic N) is 3. The van der Waals surface area contributed by atoms with Crippen LogP contribution in [0.3, 0.4) is 0 Å². The van der Waals surface area contributed by atoms with Crippen molar-refractivity contribution in [1.29, 1.82) is 0 Å². The van der Waals surface area contributed by atoms with Gasteiger partial charge >= 0.3 is 6.03 Å². The number of thioether (sulfide) groups is 1. The van der Waals surface area contributed by atoms with Crippen molar-refractivity contribution in [2.75, 3.05) is 31.8 Å². The summed E-state index contributed by atoms with van der Waals surface area (Å²) in [6.45, 7) is 2.69. The molecule has 0 aliphatic heterocycles. The third-order valence-corrected chi connectivity index (χ3v) is 6.26. The molecule has 0 aromatic carbocycles. The van der Waals surface area contributed by atoms with E-state index < -0.39 is 0 Å². The molecule has 1 aliphatic carbocycles. The summed E-state index contributed by atoms with van der Waals surface area (Å²) in [5.41, 5.74) is 0.918. The number of carbonyl (C=O) groups excluding carboxylic acids is 1.